The molecule has 0 radical (unpaired) electrons. The molecule has 0 saturated carbocycles. The number of carboxylic acids is 1. The molecule has 0 saturated heterocycles. The summed E-state index contributed by atoms with van der Waals surface area (Å²) in [4.78, 5) is 11.4. The third-order valence-corrected chi connectivity index (χ3v) is 3.33. The Kier molecular flexibility index (Phi) is 2.05. The van der Waals surface area contributed by atoms with Crippen LogP contribution in [0.15, 0.2) is 42.5 Å². The van der Waals surface area contributed by atoms with Crippen LogP contribution < -0.4 is 0 Å². The maximum Gasteiger partial charge on any atom is 0.315 e. The van der Waals surface area contributed by atoms with Crippen LogP contribution in [-0.4, -0.2) is 11.1 Å². The first-order valence-corrected chi connectivity index (χ1v) is 5.61. The molecule has 0 aromatic heterocycles. The average Bonchev–Trinajstić information content (AvgIpc) is 2.62. The number of fused-ring (bicyclic) bond motifs is 3. The Morgan fingerprint density at radius 2 is 1.76 bits per heavy atom. The Hall–Kier alpha value is -2.09. The highest BCUT2D eigenvalue weighted by molar-refractivity contribution is 5.92. The zero-order chi connectivity index (χ0) is 12.0. The molecule has 1 atom stereocenters. The summed E-state index contributed by atoms with van der Waals surface area (Å²) in [6, 6.07) is 13.8. The highest BCUT2D eigenvalue weighted by Gasteiger charge is 2.33. The molecule has 2 heteroatoms. The Bertz CT molecular complexity index is 614. The molecule has 1 unspecified atom stereocenters. The predicted molar refractivity (Wildman–Crippen MR) is 66.1 cm³/mol. The smallest absolute Gasteiger partial charge is 0.315 e. The fourth-order valence-corrected chi connectivity index (χ4v) is 2.59. The van der Waals surface area contributed by atoms with Gasteiger partial charge in [-0.25, -0.2) is 0 Å². The third-order valence-electron chi connectivity index (χ3n) is 3.33. The van der Waals surface area contributed by atoms with E-state index in [0.717, 1.165) is 27.8 Å². The fraction of sp³-hybridized carbons (Fsp3) is 0.133. The van der Waals surface area contributed by atoms with Gasteiger partial charge in [0, 0.05) is 0 Å². The van der Waals surface area contributed by atoms with Crippen LogP contribution in [0.5, 0.6) is 0 Å². The molecule has 0 aliphatic heterocycles. The number of carboxylic acid groups (broad SMARTS) is 1. The first-order chi connectivity index (χ1) is 8.18. The van der Waals surface area contributed by atoms with E-state index in [1.807, 2.05) is 49.4 Å². The van der Waals surface area contributed by atoms with Crippen LogP contribution in [0.3, 0.4) is 0 Å². The molecule has 0 spiro atoms. The van der Waals surface area contributed by atoms with Crippen LogP contribution in [-0.2, 0) is 4.79 Å². The lowest BCUT2D eigenvalue weighted by Gasteiger charge is -2.07. The highest BCUT2D eigenvalue weighted by atomic mass is 16.4. The maximum absolute atomic E-state index is 11.4. The summed E-state index contributed by atoms with van der Waals surface area (Å²) in [6.07, 6.45) is 0. The van der Waals surface area contributed by atoms with Crippen LogP contribution in [0.25, 0.3) is 11.1 Å². The van der Waals surface area contributed by atoms with Crippen molar-refractivity contribution in [3.8, 4) is 11.1 Å². The van der Waals surface area contributed by atoms with Crippen molar-refractivity contribution in [3.05, 3.63) is 59.2 Å². The summed E-state index contributed by atoms with van der Waals surface area (Å²) in [7, 11) is 0. The summed E-state index contributed by atoms with van der Waals surface area (Å²) in [5.74, 6) is -1.29. The topological polar surface area (TPSA) is 37.3 Å². The van der Waals surface area contributed by atoms with Gasteiger partial charge < -0.3 is 5.11 Å². The Morgan fingerprint density at radius 3 is 2.53 bits per heavy atom. The molecule has 2 aromatic carbocycles. The Balaban J connectivity index is 2.33. The van der Waals surface area contributed by atoms with E-state index in [9.17, 15) is 9.90 Å². The number of rotatable bonds is 1. The number of aliphatic carboxylic acids is 1. The van der Waals surface area contributed by atoms with Gasteiger partial charge in [-0.15, -0.1) is 0 Å². The zero-order valence-corrected chi connectivity index (χ0v) is 9.47. The summed E-state index contributed by atoms with van der Waals surface area (Å²) < 4.78 is 0. The minimum absolute atomic E-state index is 0.513. The number of hydrogen-bond acceptors (Lipinski definition) is 1. The molecule has 84 valence electrons. The molecule has 1 aliphatic rings. The van der Waals surface area contributed by atoms with E-state index in [0.29, 0.717) is 0 Å². The van der Waals surface area contributed by atoms with Crippen molar-refractivity contribution in [1.82, 2.24) is 0 Å². The maximum atomic E-state index is 11.4. The molecule has 2 aromatic rings. The molecular weight excluding hydrogens is 212 g/mol. The quantitative estimate of drug-likeness (QED) is 0.807. The number of carbonyl (C=O) groups is 1. The van der Waals surface area contributed by atoms with Crippen molar-refractivity contribution in [2.75, 3.05) is 0 Å². The third kappa shape index (κ3) is 1.37. The van der Waals surface area contributed by atoms with Crippen LogP contribution >= 0.6 is 0 Å². The fourth-order valence-electron chi connectivity index (χ4n) is 2.59. The van der Waals surface area contributed by atoms with Gasteiger partial charge in [0.15, 0.2) is 0 Å². The molecule has 0 amide bonds. The molecule has 3 rings (SSSR count). The second-order valence-corrected chi connectivity index (χ2v) is 4.45. The summed E-state index contributed by atoms with van der Waals surface area (Å²) in [6.45, 7) is 1.99. The standard InChI is InChI=1S/C15H12O2/c1-9-6-7-11-10-4-2-3-5-12(10)14(15(16)17)13(11)8-9/h2-8,14H,1H3,(H,16,17). The van der Waals surface area contributed by atoms with Crippen molar-refractivity contribution in [2.45, 2.75) is 12.8 Å². The van der Waals surface area contributed by atoms with Gasteiger partial charge in [-0.3, -0.25) is 4.79 Å². The van der Waals surface area contributed by atoms with Crippen LogP contribution in [0, 0.1) is 6.92 Å². The van der Waals surface area contributed by atoms with E-state index in [1.165, 1.54) is 0 Å². The van der Waals surface area contributed by atoms with Gasteiger partial charge in [-0.05, 0) is 29.2 Å². The first-order valence-electron chi connectivity index (χ1n) is 5.61. The lowest BCUT2D eigenvalue weighted by Crippen LogP contribution is -2.10. The van der Waals surface area contributed by atoms with E-state index >= 15 is 0 Å². The lowest BCUT2D eigenvalue weighted by atomic mass is 9.96. The minimum atomic E-state index is -0.776. The van der Waals surface area contributed by atoms with Crippen LogP contribution in [0.4, 0.5) is 0 Å². The van der Waals surface area contributed by atoms with Crippen LogP contribution in [0.1, 0.15) is 22.6 Å². The van der Waals surface area contributed by atoms with Gasteiger partial charge >= 0.3 is 5.97 Å². The van der Waals surface area contributed by atoms with Gasteiger partial charge in [0.2, 0.25) is 0 Å². The van der Waals surface area contributed by atoms with Crippen molar-refractivity contribution in [2.24, 2.45) is 0 Å². The van der Waals surface area contributed by atoms with Gasteiger partial charge in [-0.1, -0.05) is 48.0 Å². The number of aryl methyl sites for hydroxylation is 1. The van der Waals surface area contributed by atoms with Crippen molar-refractivity contribution in [3.63, 3.8) is 0 Å². The van der Waals surface area contributed by atoms with Crippen molar-refractivity contribution >= 4 is 5.97 Å². The molecule has 1 N–H and O–H groups in total. The minimum Gasteiger partial charge on any atom is -0.481 e. The van der Waals surface area contributed by atoms with E-state index in [1.54, 1.807) is 0 Å². The molecule has 0 bridgehead atoms. The van der Waals surface area contributed by atoms with Gasteiger partial charge in [-0.2, -0.15) is 0 Å². The molecule has 0 fully saturated rings. The number of hydrogen-bond donors (Lipinski definition) is 1. The van der Waals surface area contributed by atoms with Crippen LogP contribution in [0.2, 0.25) is 0 Å². The van der Waals surface area contributed by atoms with Gasteiger partial charge in [0.25, 0.3) is 0 Å². The molecular formula is C15H12O2. The predicted octanol–water partition coefficient (Wildman–Crippen LogP) is 3.19. The highest BCUT2D eigenvalue weighted by Crippen LogP contribution is 2.44. The molecule has 1 aliphatic carbocycles. The normalized spacial score (nSPS) is 16.4. The molecule has 0 heterocycles. The Morgan fingerprint density at radius 1 is 1.06 bits per heavy atom. The summed E-state index contributed by atoms with van der Waals surface area (Å²) >= 11 is 0. The van der Waals surface area contributed by atoms with Crippen molar-refractivity contribution in [1.29, 1.82) is 0 Å². The summed E-state index contributed by atoms with van der Waals surface area (Å²) in [5, 5.41) is 9.40. The molecule has 17 heavy (non-hydrogen) atoms. The van der Waals surface area contributed by atoms with E-state index in [-0.39, 0.29) is 0 Å². The number of benzene rings is 2. The van der Waals surface area contributed by atoms with Gasteiger partial charge in [0.05, 0.1) is 0 Å². The lowest BCUT2D eigenvalue weighted by molar-refractivity contribution is -0.137. The Labute approximate surface area is 99.5 Å². The second kappa shape index (κ2) is 3.45. The largest absolute Gasteiger partial charge is 0.481 e. The molecule has 2 nitrogen and oxygen atoms in total. The van der Waals surface area contributed by atoms with E-state index < -0.39 is 11.9 Å². The summed E-state index contributed by atoms with van der Waals surface area (Å²) in [5.41, 5.74) is 5.02. The zero-order valence-electron chi connectivity index (χ0n) is 9.47. The van der Waals surface area contributed by atoms with E-state index in [2.05, 4.69) is 0 Å². The first kappa shape index (κ1) is 10.1. The monoisotopic (exact) mass is 224 g/mol. The SMILES string of the molecule is Cc1ccc2c(c1)C(C(=O)O)c1ccccc1-2. The average molecular weight is 224 g/mol. The van der Waals surface area contributed by atoms with Gasteiger partial charge in [0.1, 0.15) is 5.92 Å². The second-order valence-electron chi connectivity index (χ2n) is 4.45. The van der Waals surface area contributed by atoms with E-state index in [4.69, 9.17) is 0 Å². The van der Waals surface area contributed by atoms with Crippen molar-refractivity contribution < 1.29 is 9.90 Å².